The van der Waals surface area contributed by atoms with Crippen LogP contribution in [-0.4, -0.2) is 44.5 Å². The van der Waals surface area contributed by atoms with Gasteiger partial charge < -0.3 is 5.32 Å². The lowest BCUT2D eigenvalue weighted by atomic mass is 9.97. The summed E-state index contributed by atoms with van der Waals surface area (Å²) in [6.07, 6.45) is 4.60. The van der Waals surface area contributed by atoms with Gasteiger partial charge in [-0.05, 0) is 31.6 Å². The molecule has 0 aliphatic carbocycles. The minimum atomic E-state index is -3.10. The maximum absolute atomic E-state index is 11.9. The SMILES string of the molecule is CC(C)CCCNC(=O)C1CCN(S(C)(=O)=O)CC1. The third-order valence-corrected chi connectivity index (χ3v) is 4.85. The molecule has 0 spiro atoms. The molecule has 1 heterocycles. The van der Waals surface area contributed by atoms with Crippen molar-refractivity contribution in [3.63, 3.8) is 0 Å². The first kappa shape index (κ1) is 16.4. The number of carbonyl (C=O) groups excluding carboxylic acids is 1. The smallest absolute Gasteiger partial charge is 0.223 e. The van der Waals surface area contributed by atoms with Crippen molar-refractivity contribution in [3.05, 3.63) is 0 Å². The molecular formula is C13H26N2O3S. The molecule has 112 valence electrons. The number of piperidine rings is 1. The van der Waals surface area contributed by atoms with Crippen molar-refractivity contribution in [1.82, 2.24) is 9.62 Å². The van der Waals surface area contributed by atoms with Crippen LogP contribution in [0.25, 0.3) is 0 Å². The average molecular weight is 290 g/mol. The fraction of sp³-hybridized carbons (Fsp3) is 0.923. The van der Waals surface area contributed by atoms with Crippen LogP contribution in [0.15, 0.2) is 0 Å². The lowest BCUT2D eigenvalue weighted by Crippen LogP contribution is -2.42. The summed E-state index contributed by atoms with van der Waals surface area (Å²) >= 11 is 0. The molecule has 0 aromatic heterocycles. The van der Waals surface area contributed by atoms with Crippen LogP contribution in [-0.2, 0) is 14.8 Å². The predicted molar refractivity (Wildman–Crippen MR) is 76.2 cm³/mol. The van der Waals surface area contributed by atoms with Gasteiger partial charge in [-0.1, -0.05) is 13.8 Å². The lowest BCUT2D eigenvalue weighted by molar-refractivity contribution is -0.126. The summed E-state index contributed by atoms with van der Waals surface area (Å²) in [5.41, 5.74) is 0. The van der Waals surface area contributed by atoms with Crippen molar-refractivity contribution < 1.29 is 13.2 Å². The van der Waals surface area contributed by atoms with Crippen molar-refractivity contribution in [1.29, 1.82) is 0 Å². The molecule has 1 aliphatic heterocycles. The Bertz CT molecular complexity index is 385. The molecule has 0 aromatic rings. The van der Waals surface area contributed by atoms with Crippen LogP contribution in [0, 0.1) is 11.8 Å². The van der Waals surface area contributed by atoms with E-state index >= 15 is 0 Å². The van der Waals surface area contributed by atoms with E-state index in [1.165, 1.54) is 10.6 Å². The fourth-order valence-corrected chi connectivity index (χ4v) is 3.19. The van der Waals surface area contributed by atoms with Crippen molar-refractivity contribution in [2.75, 3.05) is 25.9 Å². The highest BCUT2D eigenvalue weighted by molar-refractivity contribution is 7.88. The first-order valence-corrected chi connectivity index (χ1v) is 8.88. The zero-order chi connectivity index (χ0) is 14.5. The Hall–Kier alpha value is -0.620. The molecule has 0 unspecified atom stereocenters. The van der Waals surface area contributed by atoms with Gasteiger partial charge in [0.2, 0.25) is 15.9 Å². The largest absolute Gasteiger partial charge is 0.356 e. The number of hydrogen-bond acceptors (Lipinski definition) is 3. The van der Waals surface area contributed by atoms with Gasteiger partial charge in [-0.3, -0.25) is 4.79 Å². The van der Waals surface area contributed by atoms with E-state index in [1.54, 1.807) is 0 Å². The standard InChI is InChI=1S/C13H26N2O3S/c1-11(2)5-4-8-14-13(16)12-6-9-15(10-7-12)19(3,17)18/h11-12H,4-10H2,1-3H3,(H,14,16). The molecular weight excluding hydrogens is 264 g/mol. The Morgan fingerprint density at radius 3 is 2.37 bits per heavy atom. The fourth-order valence-electron chi connectivity index (χ4n) is 2.32. The molecule has 0 bridgehead atoms. The van der Waals surface area contributed by atoms with E-state index in [2.05, 4.69) is 19.2 Å². The van der Waals surface area contributed by atoms with E-state index in [-0.39, 0.29) is 11.8 Å². The van der Waals surface area contributed by atoms with E-state index < -0.39 is 10.0 Å². The van der Waals surface area contributed by atoms with Gasteiger partial charge in [0.25, 0.3) is 0 Å². The van der Waals surface area contributed by atoms with Crippen molar-refractivity contribution >= 4 is 15.9 Å². The molecule has 1 fully saturated rings. The molecule has 1 amide bonds. The van der Waals surface area contributed by atoms with E-state index in [9.17, 15) is 13.2 Å². The van der Waals surface area contributed by atoms with E-state index in [0.717, 1.165) is 19.4 Å². The monoisotopic (exact) mass is 290 g/mol. The molecule has 19 heavy (non-hydrogen) atoms. The van der Waals surface area contributed by atoms with Gasteiger partial charge in [-0.2, -0.15) is 0 Å². The van der Waals surface area contributed by atoms with E-state index in [1.807, 2.05) is 0 Å². The molecule has 0 radical (unpaired) electrons. The van der Waals surface area contributed by atoms with Gasteiger partial charge in [0.15, 0.2) is 0 Å². The Morgan fingerprint density at radius 2 is 1.89 bits per heavy atom. The van der Waals surface area contributed by atoms with Crippen molar-refractivity contribution in [2.45, 2.75) is 39.5 Å². The number of hydrogen-bond donors (Lipinski definition) is 1. The zero-order valence-corrected chi connectivity index (χ0v) is 13.0. The summed E-state index contributed by atoms with van der Waals surface area (Å²) in [5.74, 6) is 0.712. The minimum Gasteiger partial charge on any atom is -0.356 e. The minimum absolute atomic E-state index is 0.0305. The quantitative estimate of drug-likeness (QED) is 0.748. The normalized spacial score (nSPS) is 18.7. The van der Waals surface area contributed by atoms with Gasteiger partial charge in [0.05, 0.1) is 6.26 Å². The van der Waals surface area contributed by atoms with Gasteiger partial charge in [0, 0.05) is 25.6 Å². The molecule has 6 heteroatoms. The molecule has 5 nitrogen and oxygen atoms in total. The summed E-state index contributed by atoms with van der Waals surface area (Å²) in [6, 6.07) is 0. The first-order valence-electron chi connectivity index (χ1n) is 7.03. The number of carbonyl (C=O) groups is 1. The van der Waals surface area contributed by atoms with Gasteiger partial charge >= 0.3 is 0 Å². The van der Waals surface area contributed by atoms with Crippen LogP contribution >= 0.6 is 0 Å². The van der Waals surface area contributed by atoms with Crippen LogP contribution in [0.5, 0.6) is 0 Å². The molecule has 1 rings (SSSR count). The number of sulfonamides is 1. The second kappa shape index (κ2) is 7.24. The van der Waals surface area contributed by atoms with Crippen LogP contribution in [0.2, 0.25) is 0 Å². The van der Waals surface area contributed by atoms with Crippen LogP contribution in [0.3, 0.4) is 0 Å². The first-order chi connectivity index (χ1) is 8.80. The van der Waals surface area contributed by atoms with Gasteiger partial charge in [-0.25, -0.2) is 12.7 Å². The number of nitrogens with one attached hydrogen (secondary N) is 1. The van der Waals surface area contributed by atoms with Crippen LogP contribution < -0.4 is 5.32 Å². The summed E-state index contributed by atoms with van der Waals surface area (Å²) in [5, 5.41) is 2.95. The Kier molecular flexibility index (Phi) is 6.26. The lowest BCUT2D eigenvalue weighted by Gasteiger charge is -2.29. The maximum Gasteiger partial charge on any atom is 0.223 e. The topological polar surface area (TPSA) is 66.5 Å². The average Bonchev–Trinajstić information content (AvgIpc) is 2.33. The highest BCUT2D eigenvalue weighted by Gasteiger charge is 2.28. The molecule has 0 saturated carbocycles. The molecule has 0 aromatic carbocycles. The summed E-state index contributed by atoms with van der Waals surface area (Å²) in [6.45, 7) is 5.99. The van der Waals surface area contributed by atoms with Gasteiger partial charge in [0.1, 0.15) is 0 Å². The molecule has 1 N–H and O–H groups in total. The third-order valence-electron chi connectivity index (χ3n) is 3.55. The van der Waals surface area contributed by atoms with Crippen LogP contribution in [0.4, 0.5) is 0 Å². The second-order valence-corrected chi connectivity index (χ2v) is 7.75. The zero-order valence-electron chi connectivity index (χ0n) is 12.2. The number of amides is 1. The van der Waals surface area contributed by atoms with E-state index in [0.29, 0.717) is 31.8 Å². The third kappa shape index (κ3) is 5.91. The highest BCUT2D eigenvalue weighted by atomic mass is 32.2. The molecule has 1 saturated heterocycles. The second-order valence-electron chi connectivity index (χ2n) is 5.76. The Morgan fingerprint density at radius 1 is 1.32 bits per heavy atom. The summed E-state index contributed by atoms with van der Waals surface area (Å²) in [4.78, 5) is 11.9. The summed E-state index contributed by atoms with van der Waals surface area (Å²) in [7, 11) is -3.10. The van der Waals surface area contributed by atoms with E-state index in [4.69, 9.17) is 0 Å². The maximum atomic E-state index is 11.9. The van der Waals surface area contributed by atoms with Crippen molar-refractivity contribution in [3.8, 4) is 0 Å². The van der Waals surface area contributed by atoms with Crippen molar-refractivity contribution in [2.24, 2.45) is 11.8 Å². The number of nitrogens with zero attached hydrogens (tertiary/aromatic N) is 1. The Balaban J connectivity index is 2.25. The van der Waals surface area contributed by atoms with Crippen LogP contribution in [0.1, 0.15) is 39.5 Å². The summed E-state index contributed by atoms with van der Waals surface area (Å²) < 4.78 is 24.2. The highest BCUT2D eigenvalue weighted by Crippen LogP contribution is 2.19. The Labute approximate surface area is 116 Å². The van der Waals surface area contributed by atoms with Gasteiger partial charge in [-0.15, -0.1) is 0 Å². The number of rotatable bonds is 6. The predicted octanol–water partition coefficient (Wildman–Crippen LogP) is 1.21. The molecule has 0 atom stereocenters. The molecule has 1 aliphatic rings.